The number of rotatable bonds is 5. The number of hydrogen-bond acceptors (Lipinski definition) is 4. The number of nitrogens with one attached hydrogen (secondary N) is 1. The van der Waals surface area contributed by atoms with E-state index >= 15 is 0 Å². The fourth-order valence-corrected chi connectivity index (χ4v) is 2.10. The van der Waals surface area contributed by atoms with Crippen LogP contribution in [0, 0.1) is 0 Å². The minimum absolute atomic E-state index is 0.315. The van der Waals surface area contributed by atoms with E-state index in [0.29, 0.717) is 10.8 Å². The zero-order valence-electron chi connectivity index (χ0n) is 12.0. The summed E-state index contributed by atoms with van der Waals surface area (Å²) in [5, 5.41) is 3.06. The number of carbonyl (C=O) groups is 2. The van der Waals surface area contributed by atoms with Crippen LogP contribution in [-0.4, -0.2) is 30.6 Å². The highest BCUT2D eigenvalue weighted by molar-refractivity contribution is 9.10. The standard InChI is InChI=1S/C14H17BrClNO4/c1-14(2,3)17-12(18)7-21-13(19)8-20-11-5-4-9(15)6-10(11)16/h4-6H,7-8H2,1-3H3,(H,17,18). The summed E-state index contributed by atoms with van der Waals surface area (Å²) in [6.07, 6.45) is 0. The Kier molecular flexibility index (Phi) is 6.48. The SMILES string of the molecule is CC(C)(C)NC(=O)COC(=O)COc1ccc(Br)cc1Cl. The summed E-state index contributed by atoms with van der Waals surface area (Å²) in [6, 6.07) is 5.02. The van der Waals surface area contributed by atoms with Gasteiger partial charge in [0, 0.05) is 10.0 Å². The van der Waals surface area contributed by atoms with E-state index in [4.69, 9.17) is 21.1 Å². The topological polar surface area (TPSA) is 64.6 Å². The van der Waals surface area contributed by atoms with Crippen molar-refractivity contribution in [2.24, 2.45) is 0 Å². The first-order valence-electron chi connectivity index (χ1n) is 6.22. The maximum absolute atomic E-state index is 11.5. The molecule has 1 aromatic rings. The van der Waals surface area contributed by atoms with Crippen molar-refractivity contribution < 1.29 is 19.1 Å². The molecule has 0 aliphatic carbocycles. The van der Waals surface area contributed by atoms with Gasteiger partial charge in [-0.25, -0.2) is 4.79 Å². The molecule has 0 saturated heterocycles. The van der Waals surface area contributed by atoms with E-state index in [1.807, 2.05) is 20.8 Å². The predicted molar refractivity (Wildman–Crippen MR) is 83.5 cm³/mol. The van der Waals surface area contributed by atoms with Gasteiger partial charge < -0.3 is 14.8 Å². The molecule has 7 heteroatoms. The molecule has 116 valence electrons. The van der Waals surface area contributed by atoms with E-state index in [-0.39, 0.29) is 24.7 Å². The summed E-state index contributed by atoms with van der Waals surface area (Å²) >= 11 is 9.21. The van der Waals surface area contributed by atoms with Crippen molar-refractivity contribution in [1.29, 1.82) is 0 Å². The van der Waals surface area contributed by atoms with Crippen molar-refractivity contribution in [3.63, 3.8) is 0 Å². The van der Waals surface area contributed by atoms with Crippen molar-refractivity contribution in [3.05, 3.63) is 27.7 Å². The first-order valence-corrected chi connectivity index (χ1v) is 7.39. The van der Waals surface area contributed by atoms with Gasteiger partial charge in [0.1, 0.15) is 5.75 Å². The summed E-state index contributed by atoms with van der Waals surface area (Å²) in [6.45, 7) is 4.86. The van der Waals surface area contributed by atoms with Crippen molar-refractivity contribution in [2.45, 2.75) is 26.3 Å². The van der Waals surface area contributed by atoms with Crippen molar-refractivity contribution in [2.75, 3.05) is 13.2 Å². The largest absolute Gasteiger partial charge is 0.480 e. The zero-order chi connectivity index (χ0) is 16.0. The molecule has 5 nitrogen and oxygen atoms in total. The molecule has 0 saturated carbocycles. The van der Waals surface area contributed by atoms with Gasteiger partial charge in [-0.05, 0) is 39.0 Å². The molecule has 0 atom stereocenters. The van der Waals surface area contributed by atoms with Crippen molar-refractivity contribution in [3.8, 4) is 5.75 Å². The van der Waals surface area contributed by atoms with Crippen LogP contribution in [0.25, 0.3) is 0 Å². The van der Waals surface area contributed by atoms with Crippen LogP contribution >= 0.6 is 27.5 Å². The lowest BCUT2D eigenvalue weighted by molar-refractivity contribution is -0.150. The number of ether oxygens (including phenoxy) is 2. The number of esters is 1. The monoisotopic (exact) mass is 377 g/mol. The second kappa shape index (κ2) is 7.66. The number of benzene rings is 1. The number of hydrogen-bond donors (Lipinski definition) is 1. The van der Waals surface area contributed by atoms with Crippen molar-refractivity contribution in [1.82, 2.24) is 5.32 Å². The molecule has 21 heavy (non-hydrogen) atoms. The Bertz CT molecular complexity index is 528. The van der Waals surface area contributed by atoms with Crippen LogP contribution in [0.5, 0.6) is 5.75 Å². The van der Waals surface area contributed by atoms with Crippen LogP contribution < -0.4 is 10.1 Å². The molecular weight excluding hydrogens is 362 g/mol. The third kappa shape index (κ3) is 7.34. The molecule has 1 rings (SSSR count). The van der Waals surface area contributed by atoms with Gasteiger partial charge in [0.05, 0.1) is 5.02 Å². The Morgan fingerprint density at radius 1 is 1.29 bits per heavy atom. The van der Waals surface area contributed by atoms with Gasteiger partial charge in [-0.1, -0.05) is 27.5 Å². The smallest absolute Gasteiger partial charge is 0.344 e. The van der Waals surface area contributed by atoms with Gasteiger partial charge in [-0.3, -0.25) is 4.79 Å². The van der Waals surface area contributed by atoms with Gasteiger partial charge in [-0.2, -0.15) is 0 Å². The highest BCUT2D eigenvalue weighted by Crippen LogP contribution is 2.27. The Balaban J connectivity index is 2.36. The maximum Gasteiger partial charge on any atom is 0.344 e. The summed E-state index contributed by atoms with van der Waals surface area (Å²) < 4.78 is 10.8. The first-order chi connectivity index (χ1) is 9.67. The fraction of sp³-hybridized carbons (Fsp3) is 0.429. The highest BCUT2D eigenvalue weighted by atomic mass is 79.9. The maximum atomic E-state index is 11.5. The Labute approximate surface area is 137 Å². The third-order valence-electron chi connectivity index (χ3n) is 2.12. The van der Waals surface area contributed by atoms with E-state index in [9.17, 15) is 9.59 Å². The minimum Gasteiger partial charge on any atom is -0.480 e. The van der Waals surface area contributed by atoms with Crippen LogP contribution in [0.2, 0.25) is 5.02 Å². The summed E-state index contributed by atoms with van der Waals surface area (Å²) in [7, 11) is 0. The normalized spacial score (nSPS) is 10.9. The lowest BCUT2D eigenvalue weighted by Gasteiger charge is -2.20. The van der Waals surface area contributed by atoms with E-state index in [2.05, 4.69) is 21.2 Å². The molecule has 0 bridgehead atoms. The number of halogens is 2. The third-order valence-corrected chi connectivity index (χ3v) is 2.91. The average molecular weight is 379 g/mol. The molecule has 0 spiro atoms. The average Bonchev–Trinajstić information content (AvgIpc) is 2.33. The van der Waals surface area contributed by atoms with E-state index < -0.39 is 5.97 Å². The Morgan fingerprint density at radius 2 is 1.95 bits per heavy atom. The Morgan fingerprint density at radius 3 is 2.52 bits per heavy atom. The first kappa shape index (κ1) is 17.8. The van der Waals surface area contributed by atoms with Gasteiger partial charge in [-0.15, -0.1) is 0 Å². The fourth-order valence-electron chi connectivity index (χ4n) is 1.37. The molecule has 0 aliphatic rings. The zero-order valence-corrected chi connectivity index (χ0v) is 14.4. The van der Waals surface area contributed by atoms with Crippen LogP contribution in [0.3, 0.4) is 0 Å². The predicted octanol–water partition coefficient (Wildman–Crippen LogP) is 2.94. The minimum atomic E-state index is -0.641. The molecule has 0 radical (unpaired) electrons. The molecular formula is C14H17BrClNO4. The number of carbonyl (C=O) groups excluding carboxylic acids is 2. The van der Waals surface area contributed by atoms with E-state index in [0.717, 1.165) is 4.47 Å². The van der Waals surface area contributed by atoms with E-state index in [1.54, 1.807) is 18.2 Å². The summed E-state index contributed by atoms with van der Waals surface area (Å²) in [5.74, 6) is -0.633. The molecule has 1 N–H and O–H groups in total. The van der Waals surface area contributed by atoms with Crippen LogP contribution in [-0.2, 0) is 14.3 Å². The lowest BCUT2D eigenvalue weighted by atomic mass is 10.1. The lowest BCUT2D eigenvalue weighted by Crippen LogP contribution is -2.43. The Hall–Kier alpha value is -1.27. The number of amides is 1. The molecule has 0 aliphatic heterocycles. The van der Waals surface area contributed by atoms with E-state index in [1.165, 1.54) is 0 Å². The second-order valence-electron chi connectivity index (χ2n) is 5.32. The van der Waals surface area contributed by atoms with Crippen LogP contribution in [0.1, 0.15) is 20.8 Å². The van der Waals surface area contributed by atoms with Gasteiger partial charge in [0.15, 0.2) is 13.2 Å². The molecule has 1 amide bonds. The summed E-state index contributed by atoms with van der Waals surface area (Å²) in [5.41, 5.74) is -0.370. The van der Waals surface area contributed by atoms with Crippen LogP contribution in [0.15, 0.2) is 22.7 Å². The molecule has 0 unspecified atom stereocenters. The second-order valence-corrected chi connectivity index (χ2v) is 6.65. The summed E-state index contributed by atoms with van der Waals surface area (Å²) in [4.78, 5) is 23.0. The van der Waals surface area contributed by atoms with Crippen LogP contribution in [0.4, 0.5) is 0 Å². The van der Waals surface area contributed by atoms with Gasteiger partial charge >= 0.3 is 5.97 Å². The highest BCUT2D eigenvalue weighted by Gasteiger charge is 2.15. The van der Waals surface area contributed by atoms with Gasteiger partial charge in [0.25, 0.3) is 5.91 Å². The quantitative estimate of drug-likeness (QED) is 0.800. The molecule has 0 aromatic heterocycles. The molecule has 0 fully saturated rings. The van der Waals surface area contributed by atoms with Crippen molar-refractivity contribution >= 4 is 39.4 Å². The van der Waals surface area contributed by atoms with Gasteiger partial charge in [0.2, 0.25) is 0 Å². The molecule has 0 heterocycles. The molecule has 1 aromatic carbocycles.